The number of nitrogens with zero attached hydrogens (tertiary/aromatic N) is 1. The van der Waals surface area contributed by atoms with Crippen LogP contribution in [0.1, 0.15) is 25.0 Å². The van der Waals surface area contributed by atoms with E-state index in [4.69, 9.17) is 4.42 Å². The lowest BCUT2D eigenvalue weighted by molar-refractivity contribution is 0.569. The number of fused-ring (bicyclic) bond motifs is 10. The molecule has 0 saturated heterocycles. The zero-order valence-electron chi connectivity index (χ0n) is 20.6. The number of hydrogen-bond donors (Lipinski definition) is 0. The summed E-state index contributed by atoms with van der Waals surface area (Å²) in [7, 11) is 0. The van der Waals surface area contributed by atoms with Gasteiger partial charge in [0.2, 0.25) is 0 Å². The molecule has 0 N–H and O–H groups in total. The van der Waals surface area contributed by atoms with Gasteiger partial charge in [0.15, 0.2) is 0 Å². The molecule has 2 aromatic heterocycles. The Morgan fingerprint density at radius 3 is 2.30 bits per heavy atom. The van der Waals surface area contributed by atoms with Crippen molar-refractivity contribution in [3.8, 4) is 16.8 Å². The van der Waals surface area contributed by atoms with Gasteiger partial charge >= 0.3 is 5.63 Å². The third-order valence-electron chi connectivity index (χ3n) is 8.24. The van der Waals surface area contributed by atoms with Gasteiger partial charge in [-0.2, -0.15) is 0 Å². The van der Waals surface area contributed by atoms with Crippen molar-refractivity contribution in [1.29, 1.82) is 0 Å². The van der Waals surface area contributed by atoms with Crippen molar-refractivity contribution in [3.63, 3.8) is 0 Å². The van der Waals surface area contributed by atoms with Gasteiger partial charge in [0.05, 0.1) is 16.4 Å². The molecule has 0 bridgehead atoms. The van der Waals surface area contributed by atoms with Crippen LogP contribution in [0.3, 0.4) is 0 Å². The van der Waals surface area contributed by atoms with E-state index in [-0.39, 0.29) is 11.0 Å². The Balaban J connectivity index is 1.50. The highest BCUT2D eigenvalue weighted by Crippen LogP contribution is 2.53. The summed E-state index contributed by atoms with van der Waals surface area (Å²) in [5, 5.41) is 4.93. The van der Waals surface area contributed by atoms with Gasteiger partial charge in [-0.3, -0.25) is 0 Å². The predicted octanol–water partition coefficient (Wildman–Crippen LogP) is 8.35. The van der Waals surface area contributed by atoms with Crippen molar-refractivity contribution in [2.24, 2.45) is 0 Å². The quantitative estimate of drug-likeness (QED) is 0.176. The van der Waals surface area contributed by atoms with Crippen molar-refractivity contribution in [2.45, 2.75) is 19.3 Å². The Kier molecular flexibility index (Phi) is 3.88. The van der Waals surface area contributed by atoms with Crippen LogP contribution in [0.2, 0.25) is 0 Å². The van der Waals surface area contributed by atoms with Gasteiger partial charge in [-0.1, -0.05) is 86.6 Å². The lowest BCUT2D eigenvalue weighted by Gasteiger charge is -2.21. The first-order valence-corrected chi connectivity index (χ1v) is 12.7. The lowest BCUT2D eigenvalue weighted by atomic mass is 9.82. The minimum atomic E-state index is -0.312. The molecule has 176 valence electrons. The van der Waals surface area contributed by atoms with E-state index in [0.717, 1.165) is 27.5 Å². The maximum Gasteiger partial charge on any atom is 0.344 e. The molecule has 5 aromatic carbocycles. The molecule has 0 fully saturated rings. The first-order valence-electron chi connectivity index (χ1n) is 12.7. The highest BCUT2D eigenvalue weighted by molar-refractivity contribution is 6.18. The lowest BCUT2D eigenvalue weighted by Crippen LogP contribution is -2.14. The Bertz CT molecular complexity index is 2140. The third kappa shape index (κ3) is 2.58. The smallest absolute Gasteiger partial charge is 0.344 e. The molecule has 0 radical (unpaired) electrons. The second-order valence-electron chi connectivity index (χ2n) is 10.5. The average Bonchev–Trinajstić information content (AvgIpc) is 3.38. The Hall–Kier alpha value is -4.63. The molecule has 2 heterocycles. The zero-order valence-corrected chi connectivity index (χ0v) is 20.6. The standard InChI is InChI=1S/C34H23NO2/c1-34(2)26-12-6-3-10-23(26)31-27(34)17-18-29-32(31)24-11-4-7-13-28(24)35(29)20-15-16-21-22-9-5-8-14-30(22)37-33(36)25(21)19-20/h3-19H,1-2H3. The normalized spacial score (nSPS) is 14.0. The van der Waals surface area contributed by atoms with Crippen LogP contribution in [-0.2, 0) is 5.41 Å². The summed E-state index contributed by atoms with van der Waals surface area (Å²) in [4.78, 5) is 13.0. The van der Waals surface area contributed by atoms with E-state index >= 15 is 0 Å². The summed E-state index contributed by atoms with van der Waals surface area (Å²) in [5.74, 6) is 0. The van der Waals surface area contributed by atoms with Crippen LogP contribution in [0.15, 0.2) is 112 Å². The molecule has 8 rings (SSSR count). The van der Waals surface area contributed by atoms with Crippen LogP contribution in [0, 0.1) is 0 Å². The van der Waals surface area contributed by atoms with E-state index in [2.05, 4.69) is 91.2 Å². The second kappa shape index (κ2) is 6.98. The molecular weight excluding hydrogens is 454 g/mol. The monoisotopic (exact) mass is 477 g/mol. The van der Waals surface area contributed by atoms with Gasteiger partial charge in [0, 0.05) is 32.6 Å². The number of benzene rings is 5. The average molecular weight is 478 g/mol. The maximum absolute atomic E-state index is 13.0. The molecule has 0 atom stereocenters. The van der Waals surface area contributed by atoms with E-state index in [1.54, 1.807) is 0 Å². The van der Waals surface area contributed by atoms with E-state index in [9.17, 15) is 4.79 Å². The van der Waals surface area contributed by atoms with E-state index in [1.807, 2.05) is 30.3 Å². The van der Waals surface area contributed by atoms with Crippen molar-refractivity contribution < 1.29 is 4.42 Å². The zero-order chi connectivity index (χ0) is 24.9. The van der Waals surface area contributed by atoms with Crippen LogP contribution in [0.25, 0.3) is 60.4 Å². The number of para-hydroxylation sites is 2. The molecular formula is C34H23NO2. The molecule has 0 spiro atoms. The summed E-state index contributed by atoms with van der Waals surface area (Å²) >= 11 is 0. The largest absolute Gasteiger partial charge is 0.422 e. The highest BCUT2D eigenvalue weighted by Gasteiger charge is 2.37. The van der Waals surface area contributed by atoms with E-state index in [1.165, 1.54) is 33.0 Å². The molecule has 1 aliphatic carbocycles. The fourth-order valence-corrected chi connectivity index (χ4v) is 6.54. The first kappa shape index (κ1) is 20.6. The van der Waals surface area contributed by atoms with Crippen LogP contribution in [0.4, 0.5) is 0 Å². The van der Waals surface area contributed by atoms with Crippen molar-refractivity contribution >= 4 is 43.5 Å². The van der Waals surface area contributed by atoms with E-state index < -0.39 is 0 Å². The second-order valence-corrected chi connectivity index (χ2v) is 10.5. The molecule has 0 unspecified atom stereocenters. The highest BCUT2D eigenvalue weighted by atomic mass is 16.4. The minimum absolute atomic E-state index is 0.0632. The molecule has 37 heavy (non-hydrogen) atoms. The summed E-state index contributed by atoms with van der Waals surface area (Å²) in [6, 6.07) is 35.7. The van der Waals surface area contributed by atoms with Crippen molar-refractivity contribution in [1.82, 2.24) is 4.57 Å². The van der Waals surface area contributed by atoms with Gasteiger partial charge in [0.1, 0.15) is 5.58 Å². The Morgan fingerprint density at radius 2 is 1.41 bits per heavy atom. The Labute approximate surface area is 213 Å². The molecule has 0 saturated carbocycles. The molecule has 3 heteroatoms. The fraction of sp³-hybridized carbons (Fsp3) is 0.0882. The maximum atomic E-state index is 13.0. The van der Waals surface area contributed by atoms with Gasteiger partial charge in [-0.05, 0) is 52.6 Å². The van der Waals surface area contributed by atoms with E-state index in [0.29, 0.717) is 11.0 Å². The molecule has 7 aromatic rings. The fourth-order valence-electron chi connectivity index (χ4n) is 6.54. The van der Waals surface area contributed by atoms with Gasteiger partial charge in [-0.25, -0.2) is 4.79 Å². The van der Waals surface area contributed by atoms with Crippen LogP contribution < -0.4 is 5.63 Å². The van der Waals surface area contributed by atoms with Gasteiger partial charge in [-0.15, -0.1) is 0 Å². The topological polar surface area (TPSA) is 35.1 Å². The van der Waals surface area contributed by atoms with Crippen LogP contribution in [0.5, 0.6) is 0 Å². The molecule has 0 amide bonds. The predicted molar refractivity (Wildman–Crippen MR) is 152 cm³/mol. The summed E-state index contributed by atoms with van der Waals surface area (Å²) in [6.07, 6.45) is 0. The van der Waals surface area contributed by atoms with Crippen molar-refractivity contribution in [3.05, 3.63) is 125 Å². The summed E-state index contributed by atoms with van der Waals surface area (Å²) in [5.41, 5.74) is 8.79. The molecule has 0 aliphatic heterocycles. The molecule has 3 nitrogen and oxygen atoms in total. The third-order valence-corrected chi connectivity index (χ3v) is 8.24. The van der Waals surface area contributed by atoms with Gasteiger partial charge in [0.25, 0.3) is 0 Å². The van der Waals surface area contributed by atoms with Crippen molar-refractivity contribution in [2.75, 3.05) is 0 Å². The summed E-state index contributed by atoms with van der Waals surface area (Å²) in [6.45, 7) is 4.63. The number of aromatic nitrogens is 1. The molecule has 1 aliphatic rings. The first-order chi connectivity index (χ1) is 18.0. The Morgan fingerprint density at radius 1 is 0.649 bits per heavy atom. The van der Waals surface area contributed by atoms with Crippen LogP contribution in [-0.4, -0.2) is 4.57 Å². The number of hydrogen-bond acceptors (Lipinski definition) is 2. The number of rotatable bonds is 1. The summed E-state index contributed by atoms with van der Waals surface area (Å²) < 4.78 is 7.96. The minimum Gasteiger partial charge on any atom is -0.422 e. The SMILES string of the molecule is CC1(C)c2ccccc2-c2c1ccc1c2c2ccccc2n1-c1ccc2c(c1)c(=O)oc1ccccc12. The van der Waals surface area contributed by atoms with Gasteiger partial charge < -0.3 is 8.98 Å². The van der Waals surface area contributed by atoms with Crippen LogP contribution >= 0.6 is 0 Å².